The fourth-order valence-corrected chi connectivity index (χ4v) is 4.84. The summed E-state index contributed by atoms with van der Waals surface area (Å²) in [4.78, 5) is 61.9. The third kappa shape index (κ3) is 12.3. The van der Waals surface area contributed by atoms with Crippen LogP contribution in [0.4, 0.5) is 16.2 Å². The highest BCUT2D eigenvalue weighted by atomic mass is 16.5. The van der Waals surface area contributed by atoms with Crippen LogP contribution < -0.4 is 26.0 Å². The second-order valence-corrected chi connectivity index (χ2v) is 11.6. The number of urea groups is 1. The molecular formula is C36H42N4O8. The zero-order chi connectivity index (χ0) is 35.1. The predicted molar refractivity (Wildman–Crippen MR) is 182 cm³/mol. The number of hydrogen-bond donors (Lipinski definition) is 6. The van der Waals surface area contributed by atoms with Crippen molar-refractivity contribution in [3.8, 4) is 5.75 Å². The first-order chi connectivity index (χ1) is 22.9. The molecular weight excluding hydrogens is 616 g/mol. The molecule has 0 bridgehead atoms. The summed E-state index contributed by atoms with van der Waals surface area (Å²) in [5.74, 6) is -3.28. The monoisotopic (exact) mass is 658 g/mol. The Morgan fingerprint density at radius 2 is 1.25 bits per heavy atom. The number of nitrogens with one attached hydrogen (secondary N) is 4. The van der Waals surface area contributed by atoms with Crippen LogP contribution >= 0.6 is 0 Å². The van der Waals surface area contributed by atoms with Gasteiger partial charge in [-0.1, -0.05) is 68.5 Å². The molecule has 0 heterocycles. The average Bonchev–Trinajstić information content (AvgIpc) is 3.05. The molecule has 0 fully saturated rings. The van der Waals surface area contributed by atoms with Crippen molar-refractivity contribution in [3.63, 3.8) is 0 Å². The van der Waals surface area contributed by atoms with E-state index >= 15 is 0 Å². The summed E-state index contributed by atoms with van der Waals surface area (Å²) in [6.45, 7) is 3.91. The molecule has 3 rings (SSSR count). The highest BCUT2D eigenvalue weighted by molar-refractivity contribution is 5.99. The van der Waals surface area contributed by atoms with Crippen molar-refractivity contribution in [1.82, 2.24) is 10.6 Å². The largest absolute Gasteiger partial charge is 0.497 e. The van der Waals surface area contributed by atoms with E-state index in [4.69, 9.17) is 4.74 Å². The lowest BCUT2D eigenvalue weighted by Crippen LogP contribution is -2.43. The van der Waals surface area contributed by atoms with Crippen molar-refractivity contribution >= 4 is 41.2 Å². The highest BCUT2D eigenvalue weighted by Crippen LogP contribution is 2.26. The van der Waals surface area contributed by atoms with Crippen molar-refractivity contribution in [1.29, 1.82) is 0 Å². The molecule has 48 heavy (non-hydrogen) atoms. The van der Waals surface area contributed by atoms with E-state index in [1.807, 2.05) is 19.9 Å². The standard InChI is InChI=1S/C36H42N4O8/c1-23(2)21-29(25-13-15-26(16-14-25)37-36(47)38-27-17-19-28(48-3)20-18-27)33(42)40-31(35(45)46)12-8-7-11-30(34(43)44)39-32(41)22-24-9-5-4-6-10-24/h4-10,13-20,23,29-31H,11-12,21-22H2,1-3H3,(H,39,41)(H,40,42)(H,43,44)(H,45,46)(H2,37,38,47). The first-order valence-corrected chi connectivity index (χ1v) is 15.5. The second kappa shape index (κ2) is 18.5. The molecule has 0 radical (unpaired) electrons. The van der Waals surface area contributed by atoms with Crippen LogP contribution in [0.15, 0.2) is 91.0 Å². The Hall–Kier alpha value is -5.65. The lowest BCUT2D eigenvalue weighted by molar-refractivity contribution is -0.142. The number of amides is 4. The summed E-state index contributed by atoms with van der Waals surface area (Å²) in [7, 11) is 1.55. The summed E-state index contributed by atoms with van der Waals surface area (Å²) in [5, 5.41) is 29.9. The predicted octanol–water partition coefficient (Wildman–Crippen LogP) is 5.19. The van der Waals surface area contributed by atoms with Gasteiger partial charge in [0.25, 0.3) is 0 Å². The van der Waals surface area contributed by atoms with E-state index in [0.29, 0.717) is 29.1 Å². The van der Waals surface area contributed by atoms with Crippen LogP contribution in [0.5, 0.6) is 5.75 Å². The highest BCUT2D eigenvalue weighted by Gasteiger charge is 2.27. The number of carbonyl (C=O) groups excluding carboxylic acids is 3. The van der Waals surface area contributed by atoms with Gasteiger partial charge in [0, 0.05) is 11.4 Å². The third-order valence-corrected chi connectivity index (χ3v) is 7.31. The van der Waals surface area contributed by atoms with Crippen LogP contribution in [0.2, 0.25) is 0 Å². The van der Waals surface area contributed by atoms with E-state index in [0.717, 1.165) is 5.56 Å². The minimum atomic E-state index is -1.26. The van der Waals surface area contributed by atoms with Crippen molar-refractivity contribution in [2.75, 3.05) is 17.7 Å². The molecule has 12 nitrogen and oxygen atoms in total. The summed E-state index contributed by atoms with van der Waals surface area (Å²) < 4.78 is 5.12. The minimum absolute atomic E-state index is 0.0259. The van der Waals surface area contributed by atoms with E-state index in [1.165, 1.54) is 12.2 Å². The van der Waals surface area contributed by atoms with Crippen molar-refractivity contribution in [3.05, 3.63) is 102 Å². The van der Waals surface area contributed by atoms with Crippen LogP contribution in [0.1, 0.15) is 50.2 Å². The summed E-state index contributed by atoms with van der Waals surface area (Å²) in [6, 6.07) is 19.6. The van der Waals surface area contributed by atoms with Gasteiger partial charge in [-0.2, -0.15) is 0 Å². The molecule has 0 aliphatic rings. The first-order valence-electron chi connectivity index (χ1n) is 15.5. The van der Waals surface area contributed by atoms with Gasteiger partial charge in [-0.25, -0.2) is 14.4 Å². The molecule has 3 aromatic carbocycles. The number of ether oxygens (including phenoxy) is 1. The second-order valence-electron chi connectivity index (χ2n) is 11.6. The van der Waals surface area contributed by atoms with Crippen LogP contribution in [-0.4, -0.2) is 59.2 Å². The molecule has 3 aromatic rings. The number of methoxy groups -OCH3 is 1. The van der Waals surface area contributed by atoms with E-state index in [-0.39, 0.29) is 25.2 Å². The van der Waals surface area contributed by atoms with Gasteiger partial charge in [-0.05, 0) is 72.7 Å². The first kappa shape index (κ1) is 36.8. The summed E-state index contributed by atoms with van der Waals surface area (Å²) in [5.41, 5.74) is 2.47. The molecule has 0 saturated carbocycles. The number of rotatable bonds is 17. The van der Waals surface area contributed by atoms with Gasteiger partial charge in [0.15, 0.2) is 0 Å². The molecule has 3 atom stereocenters. The van der Waals surface area contributed by atoms with Gasteiger partial charge < -0.3 is 36.2 Å². The van der Waals surface area contributed by atoms with E-state index < -0.39 is 47.8 Å². The van der Waals surface area contributed by atoms with Gasteiger partial charge in [0.05, 0.1) is 19.4 Å². The Morgan fingerprint density at radius 1 is 0.729 bits per heavy atom. The maximum Gasteiger partial charge on any atom is 0.326 e. The van der Waals surface area contributed by atoms with E-state index in [2.05, 4.69) is 21.3 Å². The Kier molecular flexibility index (Phi) is 14.2. The molecule has 0 saturated heterocycles. The lowest BCUT2D eigenvalue weighted by atomic mass is 9.89. The van der Waals surface area contributed by atoms with Crippen molar-refractivity contribution in [2.24, 2.45) is 5.92 Å². The van der Waals surface area contributed by atoms with Gasteiger partial charge >= 0.3 is 18.0 Å². The number of aliphatic carboxylic acids is 2. The quantitative estimate of drug-likeness (QED) is 0.107. The number of carboxylic acids is 2. The molecule has 0 aliphatic heterocycles. The topological polar surface area (TPSA) is 183 Å². The lowest BCUT2D eigenvalue weighted by Gasteiger charge is -2.22. The van der Waals surface area contributed by atoms with E-state index in [9.17, 15) is 34.2 Å². The molecule has 0 spiro atoms. The smallest absolute Gasteiger partial charge is 0.326 e. The van der Waals surface area contributed by atoms with Crippen molar-refractivity contribution in [2.45, 2.75) is 57.5 Å². The molecule has 6 N–H and O–H groups in total. The summed E-state index contributed by atoms with van der Waals surface area (Å²) >= 11 is 0. The van der Waals surface area contributed by atoms with Gasteiger partial charge in [0.2, 0.25) is 11.8 Å². The Bertz CT molecular complexity index is 1560. The number of benzene rings is 3. The molecule has 0 aliphatic carbocycles. The zero-order valence-corrected chi connectivity index (χ0v) is 27.1. The van der Waals surface area contributed by atoms with Crippen molar-refractivity contribution < 1.29 is 38.9 Å². The summed E-state index contributed by atoms with van der Waals surface area (Å²) in [6.07, 6.45) is 3.27. The number of hydrogen-bond acceptors (Lipinski definition) is 6. The van der Waals surface area contributed by atoms with Crippen LogP contribution in [-0.2, 0) is 25.6 Å². The molecule has 4 amide bonds. The van der Waals surface area contributed by atoms with Gasteiger partial charge in [0.1, 0.15) is 17.8 Å². The molecule has 0 aromatic heterocycles. The van der Waals surface area contributed by atoms with Crippen LogP contribution in [0.3, 0.4) is 0 Å². The Labute approximate surface area is 279 Å². The number of carbonyl (C=O) groups is 5. The van der Waals surface area contributed by atoms with Crippen LogP contribution in [0, 0.1) is 5.92 Å². The fourth-order valence-electron chi connectivity index (χ4n) is 4.84. The van der Waals surface area contributed by atoms with Gasteiger partial charge in [-0.15, -0.1) is 0 Å². The fraction of sp³-hybridized carbons (Fsp3) is 0.306. The van der Waals surface area contributed by atoms with E-state index in [1.54, 1.807) is 79.9 Å². The minimum Gasteiger partial charge on any atom is -0.497 e. The van der Waals surface area contributed by atoms with Gasteiger partial charge in [-0.3, -0.25) is 9.59 Å². The molecule has 254 valence electrons. The average molecular weight is 659 g/mol. The normalized spacial score (nSPS) is 12.8. The Morgan fingerprint density at radius 3 is 1.75 bits per heavy atom. The Balaban J connectivity index is 1.58. The molecule has 3 unspecified atom stereocenters. The maximum absolute atomic E-state index is 13.4. The van der Waals surface area contributed by atoms with Crippen LogP contribution in [0.25, 0.3) is 0 Å². The number of anilines is 2. The number of carboxylic acid groups (broad SMARTS) is 2. The molecule has 12 heteroatoms. The maximum atomic E-state index is 13.4. The third-order valence-electron chi connectivity index (χ3n) is 7.31. The zero-order valence-electron chi connectivity index (χ0n) is 27.1. The SMILES string of the molecule is COc1ccc(NC(=O)Nc2ccc(C(CC(C)C)C(=O)NC(CC=CCC(NC(=O)Cc3ccccc3)C(=O)O)C(=O)O)cc2)cc1.